The first kappa shape index (κ1) is 16.0. The van der Waals surface area contributed by atoms with Crippen molar-refractivity contribution >= 4 is 40.0 Å². The van der Waals surface area contributed by atoms with E-state index in [9.17, 15) is 4.79 Å². The zero-order chi connectivity index (χ0) is 16.7. The molecule has 0 spiro atoms. The molecule has 126 valence electrons. The lowest BCUT2D eigenvalue weighted by molar-refractivity contribution is -0.122. The standard InChI is InChI=1S/C19H20Cl2N2O/c20-12-8-15(21)19-14-10-13(5-6-16(14)23-17(19)9-12)22-18(24)7-11-3-1-2-4-11/h1,3,8-9,11,13,23H,2,4-7,10H2,(H,22,24)/t11-,13-/m1/s1. The first-order chi connectivity index (χ1) is 11.6. The highest BCUT2D eigenvalue weighted by molar-refractivity contribution is 6.38. The number of aromatic amines is 1. The maximum atomic E-state index is 12.3. The van der Waals surface area contributed by atoms with Crippen LogP contribution < -0.4 is 5.32 Å². The summed E-state index contributed by atoms with van der Waals surface area (Å²) in [5.74, 6) is 0.572. The summed E-state index contributed by atoms with van der Waals surface area (Å²) in [4.78, 5) is 15.7. The van der Waals surface area contributed by atoms with E-state index in [2.05, 4.69) is 22.5 Å². The summed E-state index contributed by atoms with van der Waals surface area (Å²) in [7, 11) is 0. The first-order valence-corrected chi connectivity index (χ1v) is 9.30. The van der Waals surface area contributed by atoms with E-state index in [1.54, 1.807) is 6.07 Å². The molecule has 3 nitrogen and oxygen atoms in total. The lowest BCUT2D eigenvalue weighted by Crippen LogP contribution is -2.39. The number of amides is 1. The van der Waals surface area contributed by atoms with Gasteiger partial charge in [-0.1, -0.05) is 35.4 Å². The third kappa shape index (κ3) is 3.07. The molecule has 5 heteroatoms. The molecule has 1 aromatic heterocycles. The van der Waals surface area contributed by atoms with Gasteiger partial charge in [0.05, 0.1) is 5.02 Å². The summed E-state index contributed by atoms with van der Waals surface area (Å²) in [6.07, 6.45) is 9.84. The van der Waals surface area contributed by atoms with Crippen LogP contribution in [0.25, 0.3) is 10.9 Å². The largest absolute Gasteiger partial charge is 0.358 e. The smallest absolute Gasteiger partial charge is 0.220 e. The van der Waals surface area contributed by atoms with Crippen molar-refractivity contribution in [2.75, 3.05) is 0 Å². The van der Waals surface area contributed by atoms with E-state index in [1.165, 1.54) is 11.3 Å². The van der Waals surface area contributed by atoms with E-state index in [0.29, 0.717) is 22.4 Å². The molecule has 0 fully saturated rings. The van der Waals surface area contributed by atoms with Gasteiger partial charge in [0.15, 0.2) is 0 Å². The number of benzene rings is 1. The molecule has 2 N–H and O–H groups in total. The number of aromatic nitrogens is 1. The Hall–Kier alpha value is -1.45. The molecule has 1 amide bonds. The molecule has 1 heterocycles. The zero-order valence-corrected chi connectivity index (χ0v) is 14.9. The summed E-state index contributed by atoms with van der Waals surface area (Å²) in [6.45, 7) is 0. The van der Waals surface area contributed by atoms with Crippen molar-refractivity contribution in [1.29, 1.82) is 0 Å². The Morgan fingerprint density at radius 3 is 2.96 bits per heavy atom. The molecule has 0 radical (unpaired) electrons. The molecule has 0 saturated heterocycles. The van der Waals surface area contributed by atoms with Crippen molar-refractivity contribution in [1.82, 2.24) is 10.3 Å². The van der Waals surface area contributed by atoms with Crippen LogP contribution in [0, 0.1) is 5.92 Å². The molecule has 0 saturated carbocycles. The number of rotatable bonds is 3. The van der Waals surface area contributed by atoms with Gasteiger partial charge in [-0.3, -0.25) is 4.79 Å². The predicted molar refractivity (Wildman–Crippen MR) is 98.8 cm³/mol. The van der Waals surface area contributed by atoms with E-state index in [4.69, 9.17) is 23.2 Å². The van der Waals surface area contributed by atoms with Gasteiger partial charge in [0, 0.05) is 34.1 Å². The highest BCUT2D eigenvalue weighted by Gasteiger charge is 2.25. The van der Waals surface area contributed by atoms with Crippen molar-refractivity contribution in [3.05, 3.63) is 45.6 Å². The van der Waals surface area contributed by atoms with E-state index >= 15 is 0 Å². The van der Waals surface area contributed by atoms with Crippen LogP contribution >= 0.6 is 23.2 Å². The van der Waals surface area contributed by atoms with E-state index < -0.39 is 0 Å². The Bertz CT molecular complexity index is 824. The molecule has 24 heavy (non-hydrogen) atoms. The fourth-order valence-corrected chi connectivity index (χ4v) is 4.59. The van der Waals surface area contributed by atoms with Crippen LogP contribution in [0.1, 0.15) is 36.9 Å². The van der Waals surface area contributed by atoms with Crippen LogP contribution in [0.3, 0.4) is 0 Å². The summed E-state index contributed by atoms with van der Waals surface area (Å²) in [5.41, 5.74) is 3.43. The predicted octanol–water partition coefficient (Wildman–Crippen LogP) is 4.80. The van der Waals surface area contributed by atoms with Gasteiger partial charge in [-0.25, -0.2) is 0 Å². The van der Waals surface area contributed by atoms with E-state index in [1.807, 2.05) is 6.07 Å². The van der Waals surface area contributed by atoms with Crippen LogP contribution in [-0.4, -0.2) is 16.9 Å². The third-order valence-electron chi connectivity index (χ3n) is 5.13. The Labute approximate surface area is 151 Å². The number of H-pyrrole nitrogens is 1. The van der Waals surface area contributed by atoms with Crippen LogP contribution in [0.4, 0.5) is 0 Å². The first-order valence-electron chi connectivity index (χ1n) is 8.54. The molecule has 0 aliphatic heterocycles. The van der Waals surface area contributed by atoms with Gasteiger partial charge in [-0.15, -0.1) is 0 Å². The average Bonchev–Trinajstić information content (AvgIpc) is 3.13. The van der Waals surface area contributed by atoms with Crippen LogP contribution in [0.5, 0.6) is 0 Å². The SMILES string of the molecule is O=C(C[C@@H]1C=CCC1)N[C@@H]1CCc2[nH]c3cc(Cl)cc(Cl)c3c2C1. The number of allylic oxidation sites excluding steroid dienone is 2. The number of hydrogen-bond donors (Lipinski definition) is 2. The second-order valence-corrected chi connectivity index (χ2v) is 7.71. The number of aryl methyl sites for hydroxylation is 1. The lowest BCUT2D eigenvalue weighted by Gasteiger charge is -2.24. The molecule has 0 unspecified atom stereocenters. The Balaban J connectivity index is 1.50. The molecule has 0 bridgehead atoms. The number of hydrogen-bond acceptors (Lipinski definition) is 1. The second kappa shape index (κ2) is 6.45. The number of halogens is 2. The Kier molecular flexibility index (Phi) is 4.31. The second-order valence-electron chi connectivity index (χ2n) is 6.87. The molecular weight excluding hydrogens is 343 g/mol. The van der Waals surface area contributed by atoms with E-state index in [0.717, 1.165) is 43.0 Å². The van der Waals surface area contributed by atoms with Gasteiger partial charge in [0.2, 0.25) is 5.91 Å². The molecule has 2 aliphatic rings. The fourth-order valence-electron chi connectivity index (χ4n) is 3.99. The summed E-state index contributed by atoms with van der Waals surface area (Å²) < 4.78 is 0. The van der Waals surface area contributed by atoms with Crippen LogP contribution in [0.2, 0.25) is 10.0 Å². The topological polar surface area (TPSA) is 44.9 Å². The van der Waals surface area contributed by atoms with Gasteiger partial charge in [-0.05, 0) is 55.7 Å². The maximum absolute atomic E-state index is 12.3. The highest BCUT2D eigenvalue weighted by Crippen LogP contribution is 2.36. The lowest BCUT2D eigenvalue weighted by atomic mass is 9.91. The highest BCUT2D eigenvalue weighted by atomic mass is 35.5. The fraction of sp³-hybridized carbons (Fsp3) is 0.421. The third-order valence-corrected chi connectivity index (χ3v) is 5.64. The zero-order valence-electron chi connectivity index (χ0n) is 13.4. The van der Waals surface area contributed by atoms with Crippen molar-refractivity contribution in [3.63, 3.8) is 0 Å². The van der Waals surface area contributed by atoms with Crippen molar-refractivity contribution in [2.24, 2.45) is 5.92 Å². The van der Waals surface area contributed by atoms with Crippen LogP contribution in [0.15, 0.2) is 24.3 Å². The monoisotopic (exact) mass is 362 g/mol. The quantitative estimate of drug-likeness (QED) is 0.756. The number of carbonyl (C=O) groups is 1. The molecular formula is C19H20Cl2N2O. The van der Waals surface area contributed by atoms with E-state index in [-0.39, 0.29) is 11.9 Å². The summed E-state index contributed by atoms with van der Waals surface area (Å²) in [5, 5.41) is 5.58. The van der Waals surface area contributed by atoms with Crippen molar-refractivity contribution in [2.45, 2.75) is 44.6 Å². The number of carbonyl (C=O) groups excluding carboxylic acids is 1. The number of nitrogens with one attached hydrogen (secondary N) is 2. The number of fused-ring (bicyclic) bond motifs is 3. The maximum Gasteiger partial charge on any atom is 0.220 e. The van der Waals surface area contributed by atoms with Crippen LogP contribution in [-0.2, 0) is 17.6 Å². The van der Waals surface area contributed by atoms with Gasteiger partial charge in [-0.2, -0.15) is 0 Å². The molecule has 4 rings (SSSR count). The minimum Gasteiger partial charge on any atom is -0.358 e. The minimum atomic E-state index is 0.161. The molecule has 1 aromatic carbocycles. The van der Waals surface area contributed by atoms with Gasteiger partial charge in [0.1, 0.15) is 0 Å². The molecule has 2 atom stereocenters. The molecule has 2 aromatic rings. The minimum absolute atomic E-state index is 0.161. The Morgan fingerprint density at radius 2 is 2.17 bits per heavy atom. The Morgan fingerprint density at radius 1 is 1.29 bits per heavy atom. The summed E-state index contributed by atoms with van der Waals surface area (Å²) >= 11 is 12.5. The van der Waals surface area contributed by atoms with Crippen molar-refractivity contribution < 1.29 is 4.79 Å². The van der Waals surface area contributed by atoms with Gasteiger partial charge in [0.25, 0.3) is 0 Å². The normalized spacial score (nSPS) is 22.8. The van der Waals surface area contributed by atoms with Gasteiger partial charge < -0.3 is 10.3 Å². The summed E-state index contributed by atoms with van der Waals surface area (Å²) in [6, 6.07) is 3.89. The van der Waals surface area contributed by atoms with Crippen molar-refractivity contribution in [3.8, 4) is 0 Å². The van der Waals surface area contributed by atoms with Gasteiger partial charge >= 0.3 is 0 Å². The molecule has 2 aliphatic carbocycles. The average molecular weight is 363 g/mol.